The first-order chi connectivity index (χ1) is 31.2. The van der Waals surface area contributed by atoms with Crippen LogP contribution in [0.4, 0.5) is 54.5 Å². The van der Waals surface area contributed by atoms with Crippen molar-refractivity contribution in [3.05, 3.63) is 93.0 Å². The molecule has 0 aliphatic heterocycles. The highest BCUT2D eigenvalue weighted by atomic mass is 35.5. The molecule has 7 rings (SSSR count). The summed E-state index contributed by atoms with van der Waals surface area (Å²) in [7, 11) is -7.88. The molecule has 14 nitrogen and oxygen atoms in total. The zero-order chi connectivity index (χ0) is 50.4. The predicted molar refractivity (Wildman–Crippen MR) is 222 cm³/mol. The summed E-state index contributed by atoms with van der Waals surface area (Å²) in [5.74, 6) is -6.01. The van der Waals surface area contributed by atoms with Gasteiger partial charge in [-0.3, -0.25) is 14.2 Å². The summed E-state index contributed by atoms with van der Waals surface area (Å²) in [5, 5.41) is 8.55. The molecule has 364 valence electrons. The number of amides is 2. The number of fused-ring (bicyclic) bond motifs is 4. The van der Waals surface area contributed by atoms with Crippen molar-refractivity contribution >= 4 is 60.2 Å². The van der Waals surface area contributed by atoms with Gasteiger partial charge < -0.3 is 10.1 Å². The molecule has 1 N–H and O–H groups in total. The quantitative estimate of drug-likeness (QED) is 0.101. The average Bonchev–Trinajstić information content (AvgIpc) is 3.71. The number of halogens is 11. The highest BCUT2D eigenvalue weighted by Crippen LogP contribution is 2.68. The number of rotatable bonds is 11. The van der Waals surface area contributed by atoms with Gasteiger partial charge in [0.1, 0.15) is 40.9 Å². The molecule has 0 saturated heterocycles. The Hall–Kier alpha value is -5.94. The molecular formula is C41H34ClF10N7O7S2. The van der Waals surface area contributed by atoms with Gasteiger partial charge in [0.2, 0.25) is 15.9 Å². The van der Waals surface area contributed by atoms with Gasteiger partial charge in [0.05, 0.1) is 41.0 Å². The van der Waals surface area contributed by atoms with Crippen LogP contribution in [0, 0.1) is 29.4 Å². The molecule has 2 aliphatic rings. The molecule has 3 atom stereocenters. The molecule has 27 heteroatoms. The summed E-state index contributed by atoms with van der Waals surface area (Å²) in [6.07, 6.45) is -11.5. The lowest BCUT2D eigenvalue weighted by Gasteiger charge is -2.23. The fraction of sp³-hybridized carbons (Fsp3) is 0.390. The minimum Gasteiger partial charge on any atom is -0.452 e. The number of pyridine rings is 1. The van der Waals surface area contributed by atoms with Crippen LogP contribution in [-0.4, -0.2) is 83.9 Å². The van der Waals surface area contributed by atoms with E-state index in [9.17, 15) is 61.5 Å². The van der Waals surface area contributed by atoms with Gasteiger partial charge in [-0.05, 0) is 74.4 Å². The Bertz CT molecular complexity index is 3200. The predicted octanol–water partition coefficient (Wildman–Crippen LogP) is 7.82. The van der Waals surface area contributed by atoms with Crippen LogP contribution in [0.5, 0.6) is 0 Å². The van der Waals surface area contributed by atoms with Crippen molar-refractivity contribution in [2.45, 2.75) is 74.8 Å². The van der Waals surface area contributed by atoms with Gasteiger partial charge in [-0.2, -0.15) is 49.6 Å². The first-order valence-electron chi connectivity index (χ1n) is 19.6. The third kappa shape index (κ3) is 9.56. The molecule has 5 aromatic rings. The number of nitrogens with zero attached hydrogens (tertiary/aromatic N) is 6. The van der Waals surface area contributed by atoms with Crippen LogP contribution in [0.3, 0.4) is 0 Å². The molecule has 2 aromatic carbocycles. The summed E-state index contributed by atoms with van der Waals surface area (Å²) in [6, 6.07) is 4.77. The van der Waals surface area contributed by atoms with Crippen LogP contribution in [0.15, 0.2) is 42.5 Å². The van der Waals surface area contributed by atoms with Crippen LogP contribution >= 0.6 is 11.6 Å². The summed E-state index contributed by atoms with van der Waals surface area (Å²) in [4.78, 5) is 31.5. The summed E-state index contributed by atoms with van der Waals surface area (Å²) in [5.41, 5.74) is -5.84. The average molecular weight is 1030 g/mol. The summed E-state index contributed by atoms with van der Waals surface area (Å²) < 4.78 is 200. The van der Waals surface area contributed by atoms with Gasteiger partial charge in [0, 0.05) is 34.9 Å². The van der Waals surface area contributed by atoms with Crippen LogP contribution < -0.4 is 9.62 Å². The van der Waals surface area contributed by atoms with Gasteiger partial charge in [0.15, 0.2) is 21.3 Å². The fourth-order valence-electron chi connectivity index (χ4n) is 7.86. The number of ether oxygens (including phenoxy) is 1. The Kier molecular flexibility index (Phi) is 12.4. The first kappa shape index (κ1) is 50.0. The molecule has 3 aromatic heterocycles. The number of hydrogen-bond donors (Lipinski definition) is 1. The topological polar surface area (TPSA) is 175 Å². The monoisotopic (exact) mass is 1030 g/mol. The smallest absolute Gasteiger partial charge is 0.435 e. The lowest BCUT2D eigenvalue weighted by atomic mass is 9.93. The third-order valence-corrected chi connectivity index (χ3v) is 14.4. The molecule has 2 aliphatic carbocycles. The van der Waals surface area contributed by atoms with Crippen molar-refractivity contribution in [2.24, 2.45) is 5.92 Å². The van der Waals surface area contributed by atoms with E-state index in [0.29, 0.717) is 12.3 Å². The Labute approximate surface area is 384 Å². The van der Waals surface area contributed by atoms with Crippen molar-refractivity contribution in [3.8, 4) is 23.0 Å². The van der Waals surface area contributed by atoms with Crippen LogP contribution in [0.2, 0.25) is 5.02 Å². The SMILES string of the molecule is COC(=O)N(c1nn(CC(F)(F)F)c2c(-c3ccc(C#CC(C)(C)S(C)(=O)=O)nc3[C@H](Cc3cc(F)cc(F)c3)NC(=O)Cn3nc(C(F)(F)F)c4c3C(F)(F)C3C[C@H]43)ccc(Cl)c12)S(C)(=O)=O. The van der Waals surface area contributed by atoms with E-state index in [1.807, 2.05) is 0 Å². The third-order valence-electron chi connectivity index (χ3n) is 11.2. The van der Waals surface area contributed by atoms with Crippen LogP contribution in [0.1, 0.15) is 66.1 Å². The normalized spacial score (nSPS) is 17.2. The lowest BCUT2D eigenvalue weighted by molar-refractivity contribution is -0.143. The van der Waals surface area contributed by atoms with E-state index >= 15 is 8.78 Å². The van der Waals surface area contributed by atoms with Crippen molar-refractivity contribution in [2.75, 3.05) is 23.9 Å². The molecule has 0 bridgehead atoms. The molecule has 68 heavy (non-hydrogen) atoms. The molecule has 0 radical (unpaired) electrons. The van der Waals surface area contributed by atoms with E-state index in [2.05, 4.69) is 37.1 Å². The molecule has 1 saturated carbocycles. The largest absolute Gasteiger partial charge is 0.452 e. The first-order valence-corrected chi connectivity index (χ1v) is 23.7. The second-order valence-electron chi connectivity index (χ2n) is 16.5. The lowest BCUT2D eigenvalue weighted by Crippen LogP contribution is -2.36. The Morgan fingerprint density at radius 2 is 1.60 bits per heavy atom. The number of sulfonamides is 1. The number of benzene rings is 2. The van der Waals surface area contributed by atoms with E-state index in [-0.39, 0.29) is 42.5 Å². The molecule has 0 spiro atoms. The highest BCUT2D eigenvalue weighted by Gasteiger charge is 2.68. The highest BCUT2D eigenvalue weighted by molar-refractivity contribution is 7.93. The van der Waals surface area contributed by atoms with Gasteiger partial charge in [-0.1, -0.05) is 23.6 Å². The van der Waals surface area contributed by atoms with E-state index in [0.717, 1.165) is 49.8 Å². The Morgan fingerprint density at radius 3 is 2.18 bits per heavy atom. The maximum atomic E-state index is 15.5. The number of carbonyl (C=O) groups excluding carboxylic acids is 2. The molecule has 3 heterocycles. The standard InChI is InChI=1S/C41H34ClF10N7O7S2/c1-38(2,67(4,62)63)11-10-22-6-7-23(24-8-9-27(42)31-33(24)58(18-39(45,46)47)56-36(31)59(37(61)66-3)68(5,64)65)32(53-22)28(14-19-12-20(43)15-21(44)13-19)54-29(60)17-57-35-30(34(55-57)41(50,51)52)25-16-26(25)40(35,48)49/h6-9,12-13,15,25-26,28H,14,16-18H2,1-5H3,(H,54,60)/t25-,26?,28-/m0/s1. The van der Waals surface area contributed by atoms with Crippen LogP contribution in [-0.2, 0) is 61.0 Å². The van der Waals surface area contributed by atoms with Crippen LogP contribution in [0.25, 0.3) is 22.0 Å². The molecule has 1 unspecified atom stereocenters. The number of nitrogens with one attached hydrogen (secondary N) is 1. The summed E-state index contributed by atoms with van der Waals surface area (Å²) >= 11 is 6.53. The maximum Gasteiger partial charge on any atom is 0.435 e. The zero-order valence-corrected chi connectivity index (χ0v) is 38.0. The summed E-state index contributed by atoms with van der Waals surface area (Å²) in [6.45, 7) is -0.785. The van der Waals surface area contributed by atoms with E-state index < -0.39 is 148 Å². The van der Waals surface area contributed by atoms with E-state index in [1.54, 1.807) is 0 Å². The fourth-order valence-corrected chi connectivity index (χ4v) is 9.12. The Morgan fingerprint density at radius 1 is 0.971 bits per heavy atom. The number of anilines is 1. The minimum absolute atomic E-state index is 0.0655. The van der Waals surface area contributed by atoms with E-state index in [1.165, 1.54) is 13.8 Å². The van der Waals surface area contributed by atoms with Gasteiger partial charge in [-0.15, -0.1) is 0 Å². The number of aromatic nitrogens is 5. The minimum atomic E-state index is -5.22. The van der Waals surface area contributed by atoms with Gasteiger partial charge in [0.25, 0.3) is 5.92 Å². The molecule has 1 fully saturated rings. The number of hydrogen-bond acceptors (Lipinski definition) is 10. The van der Waals surface area contributed by atoms with Gasteiger partial charge in [-0.25, -0.2) is 35.4 Å². The van der Waals surface area contributed by atoms with Crippen molar-refractivity contribution in [1.82, 2.24) is 29.9 Å². The number of sulfone groups is 1. The number of carbonyl (C=O) groups is 2. The van der Waals surface area contributed by atoms with Crippen molar-refractivity contribution in [1.29, 1.82) is 0 Å². The zero-order valence-electron chi connectivity index (χ0n) is 35.6. The second-order valence-corrected chi connectivity index (χ2v) is 21.3. The van der Waals surface area contributed by atoms with Gasteiger partial charge >= 0.3 is 18.4 Å². The molecular weight excluding hydrogens is 992 g/mol. The number of methoxy groups -OCH3 is 1. The van der Waals surface area contributed by atoms with Crippen molar-refractivity contribution < 1.29 is 75.1 Å². The van der Waals surface area contributed by atoms with E-state index in [4.69, 9.17) is 11.6 Å². The number of alkyl halides is 8. The second kappa shape index (κ2) is 16.9. The maximum absolute atomic E-state index is 15.5. The molecule has 2 amide bonds. The van der Waals surface area contributed by atoms with Crippen molar-refractivity contribution in [3.63, 3.8) is 0 Å². The Balaban J connectivity index is 1.49.